The van der Waals surface area contributed by atoms with Crippen LogP contribution in [0.5, 0.6) is 0 Å². The molecular weight excluding hydrogens is 515 g/mol. The molecule has 0 amide bonds. The molecule has 39 heavy (non-hydrogen) atoms. The van der Waals surface area contributed by atoms with E-state index >= 15 is 0 Å². The van der Waals surface area contributed by atoms with Gasteiger partial charge >= 0.3 is 0 Å². The van der Waals surface area contributed by atoms with Crippen molar-refractivity contribution < 1.29 is 0 Å². The quantitative estimate of drug-likeness (QED) is 0.185. The lowest BCUT2D eigenvalue weighted by Crippen LogP contribution is -2.27. The minimum atomic E-state index is 0.860. The summed E-state index contributed by atoms with van der Waals surface area (Å²) in [7, 11) is 0. The van der Waals surface area contributed by atoms with E-state index < -0.39 is 0 Å². The number of hydrogen-bond donors (Lipinski definition) is 1. The average molecular weight is 560 g/mol. The first-order valence-corrected chi connectivity index (χ1v) is 16.5. The Kier molecular flexibility index (Phi) is 12.2. The monoisotopic (exact) mass is 559 g/mol. The van der Waals surface area contributed by atoms with Crippen LogP contribution in [-0.4, -0.2) is 24.0 Å². The summed E-state index contributed by atoms with van der Waals surface area (Å²) in [5.41, 5.74) is 2.58. The number of hydrogen-bond acceptors (Lipinski definition) is 5. The Morgan fingerprint density at radius 2 is 1.51 bits per heavy atom. The van der Waals surface area contributed by atoms with Gasteiger partial charge in [-0.2, -0.15) is 4.37 Å². The number of anilines is 1. The first kappa shape index (κ1) is 29.6. The van der Waals surface area contributed by atoms with Gasteiger partial charge in [-0.05, 0) is 90.0 Å². The summed E-state index contributed by atoms with van der Waals surface area (Å²) in [5.74, 6) is 2.95. The Morgan fingerprint density at radius 3 is 2.26 bits per heavy atom. The number of nitrogens with one attached hydrogen (secondary N) is 1. The van der Waals surface area contributed by atoms with Crippen LogP contribution in [0.25, 0.3) is 21.2 Å². The normalized spacial score (nSPS) is 17.0. The molecule has 5 rings (SSSR count). The third kappa shape index (κ3) is 8.57. The maximum absolute atomic E-state index is 4.60. The van der Waals surface area contributed by atoms with Crippen molar-refractivity contribution in [1.82, 2.24) is 9.10 Å². The molecule has 1 fully saturated rings. The summed E-state index contributed by atoms with van der Waals surface area (Å²) in [6.07, 6.45) is 9.35. The van der Waals surface area contributed by atoms with Crippen LogP contribution in [0.3, 0.4) is 0 Å². The average Bonchev–Trinajstić information content (AvgIpc) is 3.42. The van der Waals surface area contributed by atoms with Crippen molar-refractivity contribution in [3.8, 4) is 11.1 Å². The highest BCUT2D eigenvalue weighted by atomic mass is 32.2. The van der Waals surface area contributed by atoms with E-state index in [1.807, 2.05) is 0 Å². The Bertz CT molecular complexity index is 1230. The van der Waals surface area contributed by atoms with Gasteiger partial charge in [0.1, 0.15) is 5.82 Å². The van der Waals surface area contributed by atoms with Crippen LogP contribution in [0, 0.1) is 11.8 Å². The molecule has 208 valence electrons. The molecule has 1 saturated carbocycles. The van der Waals surface area contributed by atoms with Gasteiger partial charge in [0.2, 0.25) is 0 Å². The van der Waals surface area contributed by atoms with E-state index in [9.17, 15) is 0 Å². The molecule has 0 radical (unpaired) electrons. The molecule has 0 bridgehead atoms. The number of benzene rings is 3. The van der Waals surface area contributed by atoms with Crippen molar-refractivity contribution in [2.45, 2.75) is 70.6 Å². The van der Waals surface area contributed by atoms with E-state index in [2.05, 4.69) is 114 Å². The zero-order chi connectivity index (χ0) is 27.3. The lowest BCUT2D eigenvalue weighted by Gasteiger charge is -2.30. The van der Waals surface area contributed by atoms with Gasteiger partial charge in [-0.3, -0.25) is 4.72 Å². The van der Waals surface area contributed by atoms with Gasteiger partial charge in [0.25, 0.3) is 0 Å². The molecule has 1 aliphatic rings. The molecule has 3 aromatic carbocycles. The number of fused-ring (bicyclic) bond motifs is 1. The maximum Gasteiger partial charge on any atom is 0.150 e. The number of aromatic nitrogens is 1. The Balaban J connectivity index is 0.000000193. The Morgan fingerprint density at radius 1 is 0.821 bits per heavy atom. The first-order chi connectivity index (χ1) is 19.2. The molecule has 3 nitrogen and oxygen atoms in total. The molecule has 4 aromatic rings. The first-order valence-electron chi connectivity index (χ1n) is 14.9. The van der Waals surface area contributed by atoms with Crippen LogP contribution < -0.4 is 9.62 Å². The molecule has 1 aliphatic carbocycles. The summed E-state index contributed by atoms with van der Waals surface area (Å²) in [5, 5.41) is 1.30. The molecule has 0 spiro atoms. The van der Waals surface area contributed by atoms with Gasteiger partial charge in [-0.1, -0.05) is 101 Å². The number of rotatable bonds is 11. The lowest BCUT2D eigenvalue weighted by molar-refractivity contribution is 0.233. The van der Waals surface area contributed by atoms with Gasteiger partial charge in [-0.25, -0.2) is 0 Å². The SMILES string of the molecule is CCC1CCCCC1CNSc1cccc(-c2ccccc2)c1.CCCN(CCC)c1nsc2ccccc12. The molecular formula is C34H45N3S2. The van der Waals surface area contributed by atoms with E-state index in [-0.39, 0.29) is 0 Å². The molecule has 2 atom stereocenters. The Hall–Kier alpha value is -2.34. The van der Waals surface area contributed by atoms with E-state index in [0.717, 1.165) is 31.5 Å². The second-order valence-electron chi connectivity index (χ2n) is 10.5. The van der Waals surface area contributed by atoms with E-state index in [0.29, 0.717) is 0 Å². The van der Waals surface area contributed by atoms with Crippen molar-refractivity contribution in [3.63, 3.8) is 0 Å². The zero-order valence-electron chi connectivity index (χ0n) is 23.9. The summed E-state index contributed by atoms with van der Waals surface area (Å²) in [6.45, 7) is 10.1. The van der Waals surface area contributed by atoms with Gasteiger partial charge < -0.3 is 4.90 Å². The van der Waals surface area contributed by atoms with Crippen LogP contribution in [0.4, 0.5) is 5.82 Å². The van der Waals surface area contributed by atoms with Gasteiger partial charge in [-0.15, -0.1) is 0 Å². The van der Waals surface area contributed by atoms with E-state index in [4.69, 9.17) is 0 Å². The highest BCUT2D eigenvalue weighted by Gasteiger charge is 2.23. The van der Waals surface area contributed by atoms with Crippen LogP contribution >= 0.6 is 23.5 Å². The largest absolute Gasteiger partial charge is 0.355 e. The van der Waals surface area contributed by atoms with Gasteiger partial charge in [0, 0.05) is 29.9 Å². The summed E-state index contributed by atoms with van der Waals surface area (Å²) < 4.78 is 9.52. The fraction of sp³-hybridized carbons (Fsp3) is 0.441. The summed E-state index contributed by atoms with van der Waals surface area (Å²) >= 11 is 3.39. The molecule has 1 aromatic heterocycles. The van der Waals surface area contributed by atoms with Crippen molar-refractivity contribution in [2.24, 2.45) is 11.8 Å². The Labute approximate surface area is 244 Å². The zero-order valence-corrected chi connectivity index (χ0v) is 25.6. The van der Waals surface area contributed by atoms with Crippen molar-refractivity contribution >= 4 is 39.4 Å². The minimum absolute atomic E-state index is 0.860. The fourth-order valence-electron chi connectivity index (χ4n) is 5.66. The maximum atomic E-state index is 4.60. The lowest BCUT2D eigenvalue weighted by atomic mass is 9.78. The van der Waals surface area contributed by atoms with Crippen molar-refractivity contribution in [2.75, 3.05) is 24.5 Å². The van der Waals surface area contributed by atoms with Gasteiger partial charge in [0.15, 0.2) is 0 Å². The molecule has 1 N–H and O–H groups in total. The third-order valence-corrected chi connectivity index (χ3v) is 9.33. The molecule has 0 saturated heterocycles. The second-order valence-corrected chi connectivity index (χ2v) is 12.3. The van der Waals surface area contributed by atoms with Crippen LogP contribution in [0.15, 0.2) is 83.8 Å². The highest BCUT2D eigenvalue weighted by Crippen LogP contribution is 2.33. The molecule has 2 unspecified atom stereocenters. The predicted molar refractivity (Wildman–Crippen MR) is 174 cm³/mol. The standard InChI is InChI=1S/C21H27NS.C13H18N2S/c1-2-17-9-6-7-12-20(17)16-22-23-21-14-8-13-19(15-21)18-10-4-3-5-11-18;1-3-9-15(10-4-2)13-11-7-5-6-8-12(11)16-14-13/h3-5,8,10-11,13-15,17,20,22H,2,6-7,9,12,16H2,1H3;5-8H,3-4,9-10H2,1-2H3. The second kappa shape index (κ2) is 16.1. The highest BCUT2D eigenvalue weighted by molar-refractivity contribution is 7.97. The molecule has 1 heterocycles. The van der Waals surface area contributed by atoms with Gasteiger partial charge in [0.05, 0.1) is 4.70 Å². The van der Waals surface area contributed by atoms with Crippen LogP contribution in [0.2, 0.25) is 0 Å². The van der Waals surface area contributed by atoms with E-state index in [1.165, 1.54) is 76.9 Å². The summed E-state index contributed by atoms with van der Waals surface area (Å²) in [6, 6.07) is 27.9. The smallest absolute Gasteiger partial charge is 0.150 e. The van der Waals surface area contributed by atoms with Crippen LogP contribution in [-0.2, 0) is 0 Å². The molecule has 5 heteroatoms. The number of nitrogens with zero attached hydrogens (tertiary/aromatic N) is 2. The summed E-state index contributed by atoms with van der Waals surface area (Å²) in [4.78, 5) is 3.70. The predicted octanol–water partition coefficient (Wildman–Crippen LogP) is 10.1. The minimum Gasteiger partial charge on any atom is -0.355 e. The van der Waals surface area contributed by atoms with E-state index in [1.54, 1.807) is 23.5 Å². The van der Waals surface area contributed by atoms with Crippen LogP contribution in [0.1, 0.15) is 65.7 Å². The van der Waals surface area contributed by atoms with Crippen molar-refractivity contribution in [3.05, 3.63) is 78.9 Å². The third-order valence-electron chi connectivity index (χ3n) is 7.71. The topological polar surface area (TPSA) is 28.2 Å². The van der Waals surface area contributed by atoms with Crippen molar-refractivity contribution in [1.29, 1.82) is 0 Å². The fourth-order valence-corrected chi connectivity index (χ4v) is 7.25. The molecule has 0 aliphatic heterocycles.